The Balaban J connectivity index is 3.52. The van der Waals surface area contributed by atoms with Crippen LogP contribution in [0.15, 0.2) is 37.1 Å². The lowest BCUT2D eigenvalue weighted by Gasteiger charge is -1.92. The van der Waals surface area contributed by atoms with E-state index in [2.05, 4.69) is 18.6 Å². The number of rotatable bonds is 3. The zero-order valence-corrected chi connectivity index (χ0v) is 4.72. The standard InChI is InChI=1S/C6H10N2/c1-3-4-5-6(2)8-7/h3-5,8H,1-2,7H2/b5-4-. The summed E-state index contributed by atoms with van der Waals surface area (Å²) in [6, 6.07) is 0. The van der Waals surface area contributed by atoms with Crippen LogP contribution in [0.5, 0.6) is 0 Å². The van der Waals surface area contributed by atoms with Crippen LogP contribution in [-0.4, -0.2) is 0 Å². The molecule has 0 heterocycles. The summed E-state index contributed by atoms with van der Waals surface area (Å²) in [5, 5.41) is 0. The van der Waals surface area contributed by atoms with Crippen LogP contribution >= 0.6 is 0 Å². The van der Waals surface area contributed by atoms with Gasteiger partial charge in [-0.05, 0) is 6.08 Å². The molecule has 0 saturated carbocycles. The summed E-state index contributed by atoms with van der Waals surface area (Å²) >= 11 is 0. The van der Waals surface area contributed by atoms with Gasteiger partial charge >= 0.3 is 0 Å². The van der Waals surface area contributed by atoms with E-state index in [-0.39, 0.29) is 0 Å². The molecule has 0 aliphatic rings. The van der Waals surface area contributed by atoms with Crippen molar-refractivity contribution < 1.29 is 0 Å². The molecule has 0 radical (unpaired) electrons. The predicted molar refractivity (Wildman–Crippen MR) is 35.8 cm³/mol. The van der Waals surface area contributed by atoms with Gasteiger partial charge in [0.2, 0.25) is 0 Å². The van der Waals surface area contributed by atoms with E-state index in [0.29, 0.717) is 5.70 Å². The highest BCUT2D eigenvalue weighted by atomic mass is 15.2. The number of hydrogen-bond acceptors (Lipinski definition) is 2. The van der Waals surface area contributed by atoms with Gasteiger partial charge in [-0.2, -0.15) is 0 Å². The number of nitrogens with two attached hydrogens (primary N) is 1. The lowest BCUT2D eigenvalue weighted by atomic mass is 10.4. The van der Waals surface area contributed by atoms with Crippen LogP contribution in [0.2, 0.25) is 0 Å². The van der Waals surface area contributed by atoms with E-state index in [1.807, 2.05) is 0 Å². The first-order chi connectivity index (χ1) is 3.81. The van der Waals surface area contributed by atoms with Gasteiger partial charge in [-0.15, -0.1) is 0 Å². The minimum absolute atomic E-state index is 0.671. The molecule has 0 bridgehead atoms. The maximum absolute atomic E-state index is 4.98. The molecule has 0 aliphatic carbocycles. The fourth-order valence-corrected chi connectivity index (χ4v) is 0.232. The lowest BCUT2D eigenvalue weighted by Crippen LogP contribution is -2.18. The summed E-state index contributed by atoms with van der Waals surface area (Å²) in [5.41, 5.74) is 3.04. The van der Waals surface area contributed by atoms with Crippen molar-refractivity contribution in [1.82, 2.24) is 5.43 Å². The van der Waals surface area contributed by atoms with Crippen molar-refractivity contribution in [2.24, 2.45) is 5.84 Å². The molecule has 0 aromatic carbocycles. The molecule has 0 fully saturated rings. The Labute approximate surface area is 49.4 Å². The number of hydrogen-bond donors (Lipinski definition) is 2. The molecular weight excluding hydrogens is 100 g/mol. The quantitative estimate of drug-likeness (QED) is 0.319. The van der Waals surface area contributed by atoms with E-state index in [1.54, 1.807) is 18.2 Å². The van der Waals surface area contributed by atoms with E-state index in [9.17, 15) is 0 Å². The van der Waals surface area contributed by atoms with Gasteiger partial charge in [0.1, 0.15) is 0 Å². The molecule has 44 valence electrons. The van der Waals surface area contributed by atoms with Gasteiger partial charge in [-0.25, -0.2) is 0 Å². The SMILES string of the molecule is C=C/C=C\C(=C)NN. The van der Waals surface area contributed by atoms with Gasteiger partial charge in [0, 0.05) is 5.70 Å². The Hall–Kier alpha value is -1.02. The highest BCUT2D eigenvalue weighted by Crippen LogP contribution is 1.82. The second-order valence-corrected chi connectivity index (χ2v) is 1.26. The molecule has 0 unspecified atom stereocenters. The average Bonchev–Trinajstić information content (AvgIpc) is 1.83. The molecule has 0 aromatic heterocycles. The Morgan fingerprint density at radius 2 is 2.25 bits per heavy atom. The molecule has 0 spiro atoms. The van der Waals surface area contributed by atoms with Crippen molar-refractivity contribution in [2.75, 3.05) is 0 Å². The third-order valence-corrected chi connectivity index (χ3v) is 0.619. The number of hydrazine groups is 1. The molecule has 0 atom stereocenters. The predicted octanol–water partition coefficient (Wildman–Crippen LogP) is 0.706. The Morgan fingerprint density at radius 1 is 1.62 bits per heavy atom. The minimum atomic E-state index is 0.671. The van der Waals surface area contributed by atoms with Crippen LogP contribution in [0, 0.1) is 0 Å². The number of nitrogens with one attached hydrogen (secondary N) is 1. The molecule has 0 aromatic rings. The molecule has 0 rings (SSSR count). The molecule has 2 heteroatoms. The van der Waals surface area contributed by atoms with Crippen molar-refractivity contribution in [1.29, 1.82) is 0 Å². The third-order valence-electron chi connectivity index (χ3n) is 0.619. The molecule has 0 saturated heterocycles. The topological polar surface area (TPSA) is 38.0 Å². The van der Waals surface area contributed by atoms with E-state index in [1.165, 1.54) is 0 Å². The lowest BCUT2D eigenvalue weighted by molar-refractivity contribution is 0.922. The molecule has 3 N–H and O–H groups in total. The van der Waals surface area contributed by atoms with Gasteiger partial charge in [-0.3, -0.25) is 5.84 Å². The van der Waals surface area contributed by atoms with Gasteiger partial charge in [0.15, 0.2) is 0 Å². The highest BCUT2D eigenvalue weighted by molar-refractivity contribution is 5.15. The van der Waals surface area contributed by atoms with Crippen LogP contribution in [0.25, 0.3) is 0 Å². The summed E-state index contributed by atoms with van der Waals surface area (Å²) in [4.78, 5) is 0. The average molecular weight is 110 g/mol. The minimum Gasteiger partial charge on any atom is -0.325 e. The van der Waals surface area contributed by atoms with Crippen LogP contribution in [0.3, 0.4) is 0 Å². The van der Waals surface area contributed by atoms with Crippen LogP contribution in [-0.2, 0) is 0 Å². The zero-order chi connectivity index (χ0) is 6.41. The van der Waals surface area contributed by atoms with E-state index in [0.717, 1.165) is 0 Å². The largest absolute Gasteiger partial charge is 0.325 e. The summed E-state index contributed by atoms with van der Waals surface area (Å²) in [5.74, 6) is 4.98. The van der Waals surface area contributed by atoms with E-state index < -0.39 is 0 Å². The summed E-state index contributed by atoms with van der Waals surface area (Å²) < 4.78 is 0. The second-order valence-electron chi connectivity index (χ2n) is 1.26. The van der Waals surface area contributed by atoms with Gasteiger partial charge in [-0.1, -0.05) is 25.3 Å². The maximum Gasteiger partial charge on any atom is 0.0413 e. The van der Waals surface area contributed by atoms with E-state index in [4.69, 9.17) is 5.84 Å². The molecular formula is C6H10N2. The van der Waals surface area contributed by atoms with E-state index >= 15 is 0 Å². The Morgan fingerprint density at radius 3 is 2.62 bits per heavy atom. The normalized spacial score (nSPS) is 9.12. The van der Waals surface area contributed by atoms with Gasteiger partial charge in [0.25, 0.3) is 0 Å². The third kappa shape index (κ3) is 3.18. The first-order valence-corrected chi connectivity index (χ1v) is 2.26. The van der Waals surface area contributed by atoms with Crippen molar-refractivity contribution in [3.63, 3.8) is 0 Å². The second kappa shape index (κ2) is 4.15. The summed E-state index contributed by atoms with van der Waals surface area (Å²) in [7, 11) is 0. The summed E-state index contributed by atoms with van der Waals surface area (Å²) in [6.07, 6.45) is 5.14. The molecule has 0 amide bonds. The monoisotopic (exact) mass is 110 g/mol. The molecule has 8 heavy (non-hydrogen) atoms. The summed E-state index contributed by atoms with van der Waals surface area (Å²) in [6.45, 7) is 7.01. The smallest absolute Gasteiger partial charge is 0.0413 e. The Bertz CT molecular complexity index is 114. The fourth-order valence-electron chi connectivity index (χ4n) is 0.232. The van der Waals surface area contributed by atoms with Crippen LogP contribution in [0.1, 0.15) is 0 Å². The van der Waals surface area contributed by atoms with Crippen molar-refractivity contribution in [2.45, 2.75) is 0 Å². The van der Waals surface area contributed by atoms with Crippen LogP contribution < -0.4 is 11.3 Å². The molecule has 2 nitrogen and oxygen atoms in total. The fraction of sp³-hybridized carbons (Fsp3) is 0. The van der Waals surface area contributed by atoms with Gasteiger partial charge < -0.3 is 5.43 Å². The highest BCUT2D eigenvalue weighted by Gasteiger charge is 1.73. The maximum atomic E-state index is 4.98. The van der Waals surface area contributed by atoms with Gasteiger partial charge in [0.05, 0.1) is 0 Å². The van der Waals surface area contributed by atoms with Crippen molar-refractivity contribution >= 4 is 0 Å². The van der Waals surface area contributed by atoms with Crippen molar-refractivity contribution in [3.05, 3.63) is 37.1 Å². The first-order valence-electron chi connectivity index (χ1n) is 2.26. The van der Waals surface area contributed by atoms with Crippen molar-refractivity contribution in [3.8, 4) is 0 Å². The number of allylic oxidation sites excluding steroid dienone is 3. The first kappa shape index (κ1) is 6.98. The Kier molecular flexibility index (Phi) is 3.62. The zero-order valence-electron chi connectivity index (χ0n) is 4.72. The molecule has 0 aliphatic heterocycles. The van der Waals surface area contributed by atoms with Crippen LogP contribution in [0.4, 0.5) is 0 Å².